The van der Waals surface area contributed by atoms with Gasteiger partial charge in [0, 0.05) is 18.9 Å². The van der Waals surface area contributed by atoms with Crippen LogP contribution in [0.15, 0.2) is 17.7 Å². The van der Waals surface area contributed by atoms with Gasteiger partial charge >= 0.3 is 7.12 Å². The van der Waals surface area contributed by atoms with Gasteiger partial charge in [-0.3, -0.25) is 9.78 Å². The molecule has 0 aliphatic carbocycles. The average Bonchev–Trinajstić information content (AvgIpc) is 2.65. The number of pyridine rings is 1. The maximum Gasteiger partial charge on any atom is 0.491 e. The van der Waals surface area contributed by atoms with Gasteiger partial charge in [-0.2, -0.15) is 0 Å². The van der Waals surface area contributed by atoms with Crippen LogP contribution in [0.2, 0.25) is 5.02 Å². The lowest BCUT2D eigenvalue weighted by Gasteiger charge is -2.32. The summed E-state index contributed by atoms with van der Waals surface area (Å²) in [6, 6.07) is 1.64. The van der Waals surface area contributed by atoms with Crippen molar-refractivity contribution in [3.63, 3.8) is 0 Å². The monoisotopic (exact) mass is 368 g/mol. The molecule has 0 aromatic carbocycles. The Hall–Kier alpha value is -1.02. The molecular formula is C16H22BClN2O3S. The summed E-state index contributed by atoms with van der Waals surface area (Å²) in [6.45, 7) is 9.46. The van der Waals surface area contributed by atoms with Crippen molar-refractivity contribution >= 4 is 47.4 Å². The second kappa shape index (κ2) is 7.08. The Kier molecular flexibility index (Phi) is 5.70. The molecule has 1 aliphatic heterocycles. The number of aromatic nitrogens is 1. The molecule has 130 valence electrons. The van der Waals surface area contributed by atoms with Crippen molar-refractivity contribution in [2.45, 2.75) is 45.8 Å². The van der Waals surface area contributed by atoms with Gasteiger partial charge in [-0.25, -0.2) is 0 Å². The number of hydrogen-bond acceptors (Lipinski definition) is 6. The molecule has 5 nitrogen and oxygen atoms in total. The Morgan fingerprint density at radius 3 is 2.46 bits per heavy atom. The first-order valence-corrected chi connectivity index (χ1v) is 8.99. The summed E-state index contributed by atoms with van der Waals surface area (Å²) in [5.41, 5.74) is 6.90. The van der Waals surface area contributed by atoms with Crippen LogP contribution in [-0.4, -0.2) is 34.2 Å². The van der Waals surface area contributed by atoms with Crippen LogP contribution in [0.3, 0.4) is 0 Å². The Labute approximate surface area is 152 Å². The number of carbonyl (C=O) groups excluding carboxylic acids is 1. The molecule has 0 radical (unpaired) electrons. The molecule has 0 amide bonds. The number of nitrogens with zero attached hydrogens (tertiary/aromatic N) is 1. The summed E-state index contributed by atoms with van der Waals surface area (Å²) in [7, 11) is -0.557. The molecule has 0 saturated carbocycles. The molecule has 0 spiro atoms. The van der Waals surface area contributed by atoms with E-state index in [9.17, 15) is 4.79 Å². The molecular weight excluding hydrogens is 347 g/mol. The molecule has 2 heterocycles. The number of carbonyl (C=O) groups is 1. The van der Waals surface area contributed by atoms with Crippen LogP contribution in [-0.2, 0) is 14.1 Å². The van der Waals surface area contributed by atoms with Gasteiger partial charge in [-0.05, 0) is 45.3 Å². The lowest BCUT2D eigenvalue weighted by molar-refractivity contribution is -0.109. The molecule has 1 fully saturated rings. The lowest BCUT2D eigenvalue weighted by atomic mass is 9.78. The van der Waals surface area contributed by atoms with Gasteiger partial charge in [0.25, 0.3) is 0 Å². The first-order chi connectivity index (χ1) is 11.0. The van der Waals surface area contributed by atoms with Crippen LogP contribution in [0.5, 0.6) is 0 Å². The predicted octanol–water partition coefficient (Wildman–Crippen LogP) is 3.61. The summed E-state index contributed by atoms with van der Waals surface area (Å²) >= 11 is 7.09. The van der Waals surface area contributed by atoms with Crippen LogP contribution >= 0.6 is 23.4 Å². The first-order valence-electron chi connectivity index (χ1n) is 7.62. The van der Waals surface area contributed by atoms with Gasteiger partial charge in [0.15, 0.2) is 5.12 Å². The van der Waals surface area contributed by atoms with E-state index in [2.05, 4.69) is 4.98 Å². The van der Waals surface area contributed by atoms with Crippen LogP contribution in [0.4, 0.5) is 5.69 Å². The van der Waals surface area contributed by atoms with Crippen molar-refractivity contribution in [2.75, 3.05) is 11.5 Å². The Morgan fingerprint density at radius 2 is 1.96 bits per heavy atom. The maximum atomic E-state index is 11.4. The first kappa shape index (κ1) is 19.3. The lowest BCUT2D eigenvalue weighted by Crippen LogP contribution is -2.41. The zero-order chi connectivity index (χ0) is 18.1. The van der Waals surface area contributed by atoms with E-state index in [1.807, 2.05) is 33.8 Å². The molecule has 1 aromatic heterocycles. The van der Waals surface area contributed by atoms with E-state index >= 15 is 0 Å². The topological polar surface area (TPSA) is 74.4 Å². The normalized spacial score (nSPS) is 19.6. The van der Waals surface area contributed by atoms with Crippen LogP contribution in [0.1, 0.15) is 40.3 Å². The molecule has 1 saturated heterocycles. The number of anilines is 1. The van der Waals surface area contributed by atoms with Crippen molar-refractivity contribution in [3.05, 3.63) is 28.5 Å². The average molecular weight is 369 g/mol. The summed E-state index contributed by atoms with van der Waals surface area (Å²) < 4.78 is 12.2. The van der Waals surface area contributed by atoms with Crippen LogP contribution in [0.25, 0.3) is 6.08 Å². The van der Waals surface area contributed by atoms with Crippen molar-refractivity contribution in [2.24, 2.45) is 0 Å². The number of nitrogens with two attached hydrogens (primary N) is 1. The zero-order valence-electron chi connectivity index (χ0n) is 14.6. The van der Waals surface area contributed by atoms with Crippen molar-refractivity contribution < 1.29 is 14.1 Å². The third-order valence-electron chi connectivity index (χ3n) is 4.24. The summed E-state index contributed by atoms with van der Waals surface area (Å²) in [4.78, 5) is 15.6. The fraction of sp³-hybridized carbons (Fsp3) is 0.500. The molecule has 1 aliphatic rings. The second-order valence-electron chi connectivity index (χ2n) is 6.72. The minimum absolute atomic E-state index is 0.0226. The summed E-state index contributed by atoms with van der Waals surface area (Å²) in [5, 5.41) is 0.495. The molecule has 2 N–H and O–H groups in total. The fourth-order valence-electron chi connectivity index (χ4n) is 2.12. The van der Waals surface area contributed by atoms with E-state index in [4.69, 9.17) is 26.6 Å². The maximum absolute atomic E-state index is 11.4. The SMILES string of the molecule is CC(=O)SCC(=Cc1ncc(Cl)cc1N)B1OC(C)(C)C(C)(C)O1. The van der Waals surface area contributed by atoms with Gasteiger partial charge in [0.1, 0.15) is 0 Å². The molecule has 24 heavy (non-hydrogen) atoms. The predicted molar refractivity (Wildman–Crippen MR) is 101 cm³/mol. The van der Waals surface area contributed by atoms with Gasteiger partial charge in [0.05, 0.1) is 27.6 Å². The summed E-state index contributed by atoms with van der Waals surface area (Å²) in [6.07, 6.45) is 3.34. The third-order valence-corrected chi connectivity index (χ3v) is 5.33. The van der Waals surface area contributed by atoms with E-state index < -0.39 is 18.3 Å². The van der Waals surface area contributed by atoms with Crippen LogP contribution < -0.4 is 5.73 Å². The van der Waals surface area contributed by atoms with Gasteiger partial charge in [-0.15, -0.1) is 0 Å². The van der Waals surface area contributed by atoms with E-state index in [1.165, 1.54) is 24.9 Å². The van der Waals surface area contributed by atoms with Crippen LogP contribution in [0, 0.1) is 0 Å². The third kappa shape index (κ3) is 4.33. The fourth-order valence-corrected chi connectivity index (χ4v) is 2.87. The molecule has 2 rings (SSSR count). The Bertz CT molecular complexity index is 663. The van der Waals surface area contributed by atoms with Gasteiger partial charge in [-0.1, -0.05) is 23.4 Å². The molecule has 0 atom stereocenters. The minimum atomic E-state index is -0.557. The highest BCUT2D eigenvalue weighted by molar-refractivity contribution is 8.13. The highest BCUT2D eigenvalue weighted by atomic mass is 35.5. The highest BCUT2D eigenvalue weighted by Crippen LogP contribution is 2.39. The smallest absolute Gasteiger partial charge is 0.400 e. The van der Waals surface area contributed by atoms with Crippen molar-refractivity contribution in [1.29, 1.82) is 0 Å². The van der Waals surface area contributed by atoms with Gasteiger partial charge in [0.2, 0.25) is 0 Å². The minimum Gasteiger partial charge on any atom is -0.400 e. The quantitative estimate of drug-likeness (QED) is 0.818. The van der Waals surface area contributed by atoms with E-state index in [1.54, 1.807) is 6.07 Å². The summed E-state index contributed by atoms with van der Waals surface area (Å²) in [5.74, 6) is 0.440. The van der Waals surface area contributed by atoms with Crippen molar-refractivity contribution in [1.82, 2.24) is 4.98 Å². The number of nitrogen functional groups attached to an aromatic ring is 1. The second-order valence-corrected chi connectivity index (χ2v) is 8.30. The number of rotatable bonds is 4. The van der Waals surface area contributed by atoms with E-state index in [-0.39, 0.29) is 5.12 Å². The number of thioether (sulfide) groups is 1. The number of halogens is 1. The largest absolute Gasteiger partial charge is 0.491 e. The Balaban J connectivity index is 2.35. The highest BCUT2D eigenvalue weighted by Gasteiger charge is 2.52. The number of hydrogen-bond donors (Lipinski definition) is 1. The molecule has 1 aromatic rings. The van der Waals surface area contributed by atoms with E-state index in [0.717, 1.165) is 5.47 Å². The van der Waals surface area contributed by atoms with Crippen molar-refractivity contribution in [3.8, 4) is 0 Å². The molecule has 0 unspecified atom stereocenters. The van der Waals surface area contributed by atoms with E-state index in [0.29, 0.717) is 22.2 Å². The molecule has 8 heteroatoms. The zero-order valence-corrected chi connectivity index (χ0v) is 16.1. The van der Waals surface area contributed by atoms with Gasteiger partial charge < -0.3 is 15.0 Å². The standard InChI is InChI=1S/C16H22BClN2O3S/c1-10(21)24-9-11(6-14-13(19)7-12(18)8-20-14)17-22-15(2,3)16(4,5)23-17/h6-8H,9,19H2,1-5H3. The molecule has 0 bridgehead atoms. The Morgan fingerprint density at radius 1 is 1.38 bits per heavy atom.